The van der Waals surface area contributed by atoms with Gasteiger partial charge in [-0.3, -0.25) is 15.0 Å². The summed E-state index contributed by atoms with van der Waals surface area (Å²) in [6, 6.07) is 6.86. The first-order valence-electron chi connectivity index (χ1n) is 6.04. The first kappa shape index (κ1) is 18.9. The number of piperazine rings is 1. The van der Waals surface area contributed by atoms with E-state index in [2.05, 4.69) is 16.8 Å². The maximum absolute atomic E-state index is 10.6. The second kappa shape index (κ2) is 8.92. The minimum atomic E-state index is -0.377. The fourth-order valence-corrected chi connectivity index (χ4v) is 2.25. The predicted molar refractivity (Wildman–Crippen MR) is 85.0 cm³/mol. The fraction of sp³-hybridized carbons (Fsp3) is 0.385. The van der Waals surface area contributed by atoms with Gasteiger partial charge in [0.1, 0.15) is 0 Å². The zero-order chi connectivity index (χ0) is 13.0. The van der Waals surface area contributed by atoms with Gasteiger partial charge in [0, 0.05) is 38.3 Å². The van der Waals surface area contributed by atoms with E-state index in [1.165, 1.54) is 0 Å². The lowest BCUT2D eigenvalue weighted by molar-refractivity contribution is -0.384. The highest BCUT2D eigenvalue weighted by atomic mass is 35.5. The average molecular weight is 320 g/mol. The molecule has 1 N–H and O–H groups in total. The zero-order valence-corrected chi connectivity index (χ0v) is 12.7. The Bertz CT molecular complexity index is 434. The van der Waals surface area contributed by atoms with Crippen LogP contribution in [0, 0.1) is 10.1 Å². The average Bonchev–Trinajstić information content (AvgIpc) is 2.41. The number of hydrogen-bond donors (Lipinski definition) is 1. The highest BCUT2D eigenvalue weighted by Crippen LogP contribution is 2.24. The van der Waals surface area contributed by atoms with E-state index in [-0.39, 0.29) is 41.5 Å². The second-order valence-electron chi connectivity index (χ2n) is 4.32. The standard InChI is InChI=1S/C13H17N3O2.2ClH/c1-2-13(15-9-7-14-8-10-15)11-3-5-12(6-4-11)16(17)18;;/h2-6,13-14H,1,7-10H2;2*1H/t13-;;/m0../s1. The van der Waals surface area contributed by atoms with E-state index in [4.69, 9.17) is 0 Å². The molecule has 0 amide bonds. The van der Waals surface area contributed by atoms with Crippen LogP contribution < -0.4 is 5.32 Å². The molecule has 1 saturated heterocycles. The maximum Gasteiger partial charge on any atom is 0.269 e. The van der Waals surface area contributed by atoms with Crippen molar-refractivity contribution in [2.24, 2.45) is 0 Å². The number of benzene rings is 1. The molecule has 0 unspecified atom stereocenters. The number of hydrogen-bond acceptors (Lipinski definition) is 4. The van der Waals surface area contributed by atoms with Crippen molar-refractivity contribution in [1.82, 2.24) is 10.2 Å². The molecule has 5 nitrogen and oxygen atoms in total. The summed E-state index contributed by atoms with van der Waals surface area (Å²) < 4.78 is 0. The molecule has 0 spiro atoms. The molecule has 1 heterocycles. The van der Waals surface area contributed by atoms with E-state index in [0.717, 1.165) is 31.7 Å². The molecular formula is C13H19Cl2N3O2. The Morgan fingerprint density at radius 3 is 2.25 bits per heavy atom. The summed E-state index contributed by atoms with van der Waals surface area (Å²) in [6.45, 7) is 7.75. The summed E-state index contributed by atoms with van der Waals surface area (Å²) in [5.74, 6) is 0. The van der Waals surface area contributed by atoms with Gasteiger partial charge in [-0.15, -0.1) is 31.4 Å². The van der Waals surface area contributed by atoms with Crippen molar-refractivity contribution in [1.29, 1.82) is 0 Å². The van der Waals surface area contributed by atoms with Gasteiger partial charge >= 0.3 is 0 Å². The van der Waals surface area contributed by atoms with Crippen LogP contribution in [0.4, 0.5) is 5.69 Å². The number of nitrogens with one attached hydrogen (secondary N) is 1. The number of nitro benzene ring substituents is 1. The van der Waals surface area contributed by atoms with Gasteiger partial charge in [0.05, 0.1) is 11.0 Å². The SMILES string of the molecule is C=C[C@@H](c1ccc([N+](=O)[O-])cc1)N1CCNCC1.Cl.Cl. The van der Waals surface area contributed by atoms with Gasteiger partial charge in [0.25, 0.3) is 5.69 Å². The van der Waals surface area contributed by atoms with Crippen molar-refractivity contribution in [2.45, 2.75) is 6.04 Å². The number of halogens is 2. The highest BCUT2D eigenvalue weighted by molar-refractivity contribution is 5.85. The van der Waals surface area contributed by atoms with Gasteiger partial charge in [-0.1, -0.05) is 18.2 Å². The third-order valence-electron chi connectivity index (χ3n) is 3.21. The first-order chi connectivity index (χ1) is 8.72. The van der Waals surface area contributed by atoms with E-state index in [9.17, 15) is 10.1 Å². The van der Waals surface area contributed by atoms with Gasteiger partial charge < -0.3 is 5.32 Å². The van der Waals surface area contributed by atoms with E-state index < -0.39 is 0 Å². The summed E-state index contributed by atoms with van der Waals surface area (Å²) in [4.78, 5) is 12.6. The number of non-ortho nitro benzene ring substituents is 1. The summed E-state index contributed by atoms with van der Waals surface area (Å²) in [5.41, 5.74) is 1.18. The first-order valence-corrected chi connectivity index (χ1v) is 6.04. The minimum Gasteiger partial charge on any atom is -0.314 e. The Kier molecular flexibility index (Phi) is 8.41. The van der Waals surface area contributed by atoms with Crippen molar-refractivity contribution < 1.29 is 4.92 Å². The summed E-state index contributed by atoms with van der Waals surface area (Å²) in [6.07, 6.45) is 1.90. The van der Waals surface area contributed by atoms with Crippen LogP contribution in [-0.2, 0) is 0 Å². The largest absolute Gasteiger partial charge is 0.314 e. The summed E-state index contributed by atoms with van der Waals surface area (Å²) >= 11 is 0. The van der Waals surface area contributed by atoms with Gasteiger partial charge in [-0.25, -0.2) is 0 Å². The Morgan fingerprint density at radius 2 is 1.80 bits per heavy atom. The molecule has 7 heteroatoms. The van der Waals surface area contributed by atoms with Gasteiger partial charge in [-0.05, 0) is 5.56 Å². The van der Waals surface area contributed by atoms with Gasteiger partial charge in [-0.2, -0.15) is 0 Å². The van der Waals surface area contributed by atoms with Crippen molar-refractivity contribution >= 4 is 30.5 Å². The monoisotopic (exact) mass is 319 g/mol. The van der Waals surface area contributed by atoms with Crippen LogP contribution >= 0.6 is 24.8 Å². The van der Waals surface area contributed by atoms with Crippen molar-refractivity contribution in [2.75, 3.05) is 26.2 Å². The van der Waals surface area contributed by atoms with Crippen LogP contribution in [0.15, 0.2) is 36.9 Å². The van der Waals surface area contributed by atoms with Gasteiger partial charge in [0.2, 0.25) is 0 Å². The van der Waals surface area contributed by atoms with E-state index in [1.54, 1.807) is 12.1 Å². The normalized spacial score (nSPS) is 16.4. The fourth-order valence-electron chi connectivity index (χ4n) is 2.25. The summed E-state index contributed by atoms with van der Waals surface area (Å²) in [7, 11) is 0. The molecule has 0 radical (unpaired) electrons. The molecule has 1 aromatic carbocycles. The molecule has 20 heavy (non-hydrogen) atoms. The van der Waals surface area contributed by atoms with E-state index >= 15 is 0 Å². The molecule has 0 aliphatic carbocycles. The Balaban J connectivity index is 0.00000180. The molecule has 0 bridgehead atoms. The topological polar surface area (TPSA) is 58.4 Å². The maximum atomic E-state index is 10.6. The number of nitro groups is 1. The molecule has 0 saturated carbocycles. The predicted octanol–water partition coefficient (Wildman–Crippen LogP) is 2.57. The quantitative estimate of drug-likeness (QED) is 0.526. The lowest BCUT2D eigenvalue weighted by Gasteiger charge is -2.33. The van der Waals surface area contributed by atoms with Crippen molar-refractivity contribution in [3.05, 3.63) is 52.6 Å². The van der Waals surface area contributed by atoms with Crippen molar-refractivity contribution in [3.63, 3.8) is 0 Å². The molecule has 1 atom stereocenters. The highest BCUT2D eigenvalue weighted by Gasteiger charge is 2.19. The molecule has 2 rings (SSSR count). The molecule has 112 valence electrons. The molecule has 1 aromatic rings. The van der Waals surface area contributed by atoms with Crippen LogP contribution in [0.25, 0.3) is 0 Å². The third-order valence-corrected chi connectivity index (χ3v) is 3.21. The zero-order valence-electron chi connectivity index (χ0n) is 11.0. The lowest BCUT2D eigenvalue weighted by atomic mass is 10.0. The second-order valence-corrected chi connectivity index (χ2v) is 4.32. The van der Waals surface area contributed by atoms with E-state index in [0.29, 0.717) is 0 Å². The van der Waals surface area contributed by atoms with Crippen LogP contribution in [0.3, 0.4) is 0 Å². The van der Waals surface area contributed by atoms with E-state index in [1.807, 2.05) is 18.2 Å². The van der Waals surface area contributed by atoms with Crippen LogP contribution in [-0.4, -0.2) is 36.0 Å². The van der Waals surface area contributed by atoms with Crippen LogP contribution in [0.1, 0.15) is 11.6 Å². The Labute approximate surface area is 131 Å². The molecule has 0 aromatic heterocycles. The molecule has 1 aliphatic rings. The summed E-state index contributed by atoms with van der Waals surface area (Å²) in [5, 5.41) is 13.9. The molecule has 1 aliphatic heterocycles. The Hall–Kier alpha value is -1.14. The number of nitrogens with zero attached hydrogens (tertiary/aromatic N) is 2. The lowest BCUT2D eigenvalue weighted by Crippen LogP contribution is -2.44. The van der Waals surface area contributed by atoms with Gasteiger partial charge in [0.15, 0.2) is 0 Å². The smallest absolute Gasteiger partial charge is 0.269 e. The third kappa shape index (κ3) is 4.45. The molecule has 1 fully saturated rings. The van der Waals surface area contributed by atoms with Crippen molar-refractivity contribution in [3.8, 4) is 0 Å². The molecular weight excluding hydrogens is 301 g/mol. The van der Waals surface area contributed by atoms with Crippen LogP contribution in [0.5, 0.6) is 0 Å². The minimum absolute atomic E-state index is 0. The number of rotatable bonds is 4. The Morgan fingerprint density at radius 1 is 1.25 bits per heavy atom. The van der Waals surface area contributed by atoms with Crippen LogP contribution in [0.2, 0.25) is 0 Å².